The number of benzene rings is 1. The summed E-state index contributed by atoms with van der Waals surface area (Å²) in [7, 11) is 3.27. The smallest absolute Gasteiger partial charge is 0.124 e. The van der Waals surface area contributed by atoms with E-state index in [9.17, 15) is 5.11 Å². The van der Waals surface area contributed by atoms with Crippen LogP contribution >= 0.6 is 0 Å². The van der Waals surface area contributed by atoms with Crippen LogP contribution in [0.2, 0.25) is 0 Å². The number of likely N-dealkylation sites (tertiary alicyclic amines) is 1. The van der Waals surface area contributed by atoms with Crippen molar-refractivity contribution >= 4 is 0 Å². The number of hydrogen-bond acceptors (Lipinski definition) is 5. The Balaban J connectivity index is 1.75. The molecule has 130 valence electrons. The van der Waals surface area contributed by atoms with Crippen molar-refractivity contribution in [2.45, 2.75) is 32.5 Å². The molecule has 0 spiro atoms. The average molecular weight is 323 g/mol. The number of ether oxygens (including phenoxy) is 3. The maximum absolute atomic E-state index is 10.1. The minimum absolute atomic E-state index is 0.326. The molecule has 1 saturated heterocycles. The Hall–Kier alpha value is -1.30. The molecular weight excluding hydrogens is 294 g/mol. The molecule has 0 bridgehead atoms. The van der Waals surface area contributed by atoms with E-state index >= 15 is 0 Å². The van der Waals surface area contributed by atoms with Gasteiger partial charge in [-0.25, -0.2) is 0 Å². The largest absolute Gasteiger partial charge is 0.497 e. The van der Waals surface area contributed by atoms with Gasteiger partial charge < -0.3 is 24.2 Å². The van der Waals surface area contributed by atoms with Gasteiger partial charge in [0.25, 0.3) is 0 Å². The zero-order chi connectivity index (χ0) is 16.7. The second-order valence-electron chi connectivity index (χ2n) is 6.33. The Labute approximate surface area is 139 Å². The molecule has 0 saturated carbocycles. The van der Waals surface area contributed by atoms with Gasteiger partial charge in [0.05, 0.1) is 33.5 Å². The van der Waals surface area contributed by atoms with Crippen molar-refractivity contribution in [1.29, 1.82) is 0 Å². The first-order chi connectivity index (χ1) is 11.1. The van der Waals surface area contributed by atoms with Gasteiger partial charge >= 0.3 is 0 Å². The summed E-state index contributed by atoms with van der Waals surface area (Å²) in [4.78, 5) is 2.32. The number of β-amino-alcohol motifs (C(OH)–C–C–N with tert-alkyl or cyclic N) is 1. The summed E-state index contributed by atoms with van der Waals surface area (Å²) in [5.74, 6) is 2.35. The van der Waals surface area contributed by atoms with E-state index in [0.717, 1.165) is 36.1 Å². The highest BCUT2D eigenvalue weighted by Gasteiger charge is 2.18. The molecule has 2 rings (SSSR count). The highest BCUT2D eigenvalue weighted by molar-refractivity contribution is 5.39. The molecule has 23 heavy (non-hydrogen) atoms. The lowest BCUT2D eigenvalue weighted by Crippen LogP contribution is -2.39. The molecule has 1 heterocycles. The Morgan fingerprint density at radius 3 is 2.61 bits per heavy atom. The molecule has 0 aromatic heterocycles. The molecular formula is C18H29NO4. The first-order valence-electron chi connectivity index (χ1n) is 8.31. The van der Waals surface area contributed by atoms with Crippen molar-refractivity contribution in [2.24, 2.45) is 5.92 Å². The summed E-state index contributed by atoms with van der Waals surface area (Å²) in [6.07, 6.45) is 1.98. The van der Waals surface area contributed by atoms with Crippen molar-refractivity contribution in [2.75, 3.05) is 40.5 Å². The van der Waals surface area contributed by atoms with E-state index in [1.54, 1.807) is 14.2 Å². The summed E-state index contributed by atoms with van der Waals surface area (Å²) in [6, 6.07) is 5.62. The minimum Gasteiger partial charge on any atom is -0.497 e. The van der Waals surface area contributed by atoms with Crippen molar-refractivity contribution in [1.82, 2.24) is 4.90 Å². The molecule has 1 atom stereocenters. The van der Waals surface area contributed by atoms with E-state index in [2.05, 4.69) is 11.8 Å². The lowest BCUT2D eigenvalue weighted by atomic mass is 9.99. The summed E-state index contributed by atoms with van der Waals surface area (Å²) in [6.45, 7) is 5.84. The molecule has 1 aromatic carbocycles. The van der Waals surface area contributed by atoms with Gasteiger partial charge in [0.2, 0.25) is 0 Å². The van der Waals surface area contributed by atoms with Crippen LogP contribution in [0.5, 0.6) is 11.5 Å². The molecule has 1 fully saturated rings. The third kappa shape index (κ3) is 5.68. The lowest BCUT2D eigenvalue weighted by molar-refractivity contribution is 0.00449. The highest BCUT2D eigenvalue weighted by atomic mass is 16.5. The molecule has 1 aliphatic heterocycles. The number of rotatable bonds is 8. The Morgan fingerprint density at radius 2 is 1.96 bits per heavy atom. The van der Waals surface area contributed by atoms with Crippen LogP contribution < -0.4 is 9.47 Å². The number of piperidine rings is 1. The first-order valence-corrected chi connectivity index (χ1v) is 8.31. The van der Waals surface area contributed by atoms with Crippen LogP contribution in [0.15, 0.2) is 18.2 Å². The topological polar surface area (TPSA) is 51.2 Å². The predicted molar refractivity (Wildman–Crippen MR) is 90.0 cm³/mol. The van der Waals surface area contributed by atoms with E-state index in [4.69, 9.17) is 14.2 Å². The van der Waals surface area contributed by atoms with Crippen LogP contribution in [0.3, 0.4) is 0 Å². The highest BCUT2D eigenvalue weighted by Crippen LogP contribution is 2.24. The molecule has 5 nitrogen and oxygen atoms in total. The fourth-order valence-electron chi connectivity index (χ4n) is 2.90. The third-order valence-electron chi connectivity index (χ3n) is 4.40. The molecule has 1 aliphatic rings. The maximum atomic E-state index is 10.1. The van der Waals surface area contributed by atoms with E-state index < -0.39 is 6.10 Å². The lowest BCUT2D eigenvalue weighted by Gasteiger charge is -2.31. The van der Waals surface area contributed by atoms with Crippen molar-refractivity contribution in [3.8, 4) is 11.5 Å². The average Bonchev–Trinajstić information content (AvgIpc) is 2.57. The van der Waals surface area contributed by atoms with Gasteiger partial charge in [-0.2, -0.15) is 0 Å². The van der Waals surface area contributed by atoms with Gasteiger partial charge in [-0.15, -0.1) is 0 Å². The van der Waals surface area contributed by atoms with Crippen LogP contribution in [0.25, 0.3) is 0 Å². The van der Waals surface area contributed by atoms with Gasteiger partial charge in [0, 0.05) is 12.1 Å². The van der Waals surface area contributed by atoms with Crippen LogP contribution in [-0.2, 0) is 11.3 Å². The summed E-state index contributed by atoms with van der Waals surface area (Å²) in [5, 5.41) is 10.1. The molecule has 0 radical (unpaired) electrons. The van der Waals surface area contributed by atoms with Crippen LogP contribution in [-0.4, -0.2) is 56.6 Å². The first kappa shape index (κ1) is 18.0. The number of hydrogen-bond donors (Lipinski definition) is 1. The SMILES string of the molecule is COc1ccc(OC)c(COCC(O)CN2CCC(C)CC2)c1. The normalized spacial score (nSPS) is 17.9. The fourth-order valence-corrected chi connectivity index (χ4v) is 2.90. The van der Waals surface area contributed by atoms with Crippen LogP contribution in [0, 0.1) is 5.92 Å². The van der Waals surface area contributed by atoms with E-state index in [1.165, 1.54) is 12.8 Å². The molecule has 5 heteroatoms. The van der Waals surface area contributed by atoms with Crippen molar-refractivity contribution in [3.63, 3.8) is 0 Å². The zero-order valence-corrected chi connectivity index (χ0v) is 14.5. The van der Waals surface area contributed by atoms with Crippen molar-refractivity contribution < 1.29 is 19.3 Å². The Kier molecular flexibility index (Phi) is 7.15. The number of aliphatic hydroxyl groups is 1. The predicted octanol–water partition coefficient (Wildman–Crippen LogP) is 2.31. The maximum Gasteiger partial charge on any atom is 0.124 e. The van der Waals surface area contributed by atoms with Gasteiger partial charge in [0.1, 0.15) is 11.5 Å². The van der Waals surface area contributed by atoms with E-state index in [1.807, 2.05) is 18.2 Å². The van der Waals surface area contributed by atoms with E-state index in [-0.39, 0.29) is 0 Å². The Bertz CT molecular complexity index is 472. The second kappa shape index (κ2) is 9.11. The number of methoxy groups -OCH3 is 2. The molecule has 1 unspecified atom stereocenters. The zero-order valence-electron chi connectivity index (χ0n) is 14.5. The standard InChI is InChI=1S/C18H29NO4/c1-14-6-8-19(9-7-14)11-16(20)13-23-12-15-10-17(21-2)4-5-18(15)22-3/h4-5,10,14,16,20H,6-9,11-13H2,1-3H3. The van der Waals surface area contributed by atoms with Gasteiger partial charge in [-0.3, -0.25) is 0 Å². The monoisotopic (exact) mass is 323 g/mol. The molecule has 0 aliphatic carbocycles. The van der Waals surface area contributed by atoms with Crippen molar-refractivity contribution in [3.05, 3.63) is 23.8 Å². The van der Waals surface area contributed by atoms with Crippen LogP contribution in [0.4, 0.5) is 0 Å². The van der Waals surface area contributed by atoms with E-state index in [0.29, 0.717) is 19.8 Å². The third-order valence-corrected chi connectivity index (χ3v) is 4.40. The fraction of sp³-hybridized carbons (Fsp3) is 0.667. The summed E-state index contributed by atoms with van der Waals surface area (Å²) < 4.78 is 16.2. The quantitative estimate of drug-likeness (QED) is 0.796. The molecule has 1 aromatic rings. The summed E-state index contributed by atoms with van der Waals surface area (Å²) >= 11 is 0. The van der Waals surface area contributed by atoms with Gasteiger partial charge in [-0.1, -0.05) is 6.92 Å². The second-order valence-corrected chi connectivity index (χ2v) is 6.33. The van der Waals surface area contributed by atoms with Crippen LogP contribution in [0.1, 0.15) is 25.3 Å². The molecule has 1 N–H and O–H groups in total. The minimum atomic E-state index is -0.458. The number of nitrogens with zero attached hydrogens (tertiary/aromatic N) is 1. The summed E-state index contributed by atoms with van der Waals surface area (Å²) in [5.41, 5.74) is 0.922. The van der Waals surface area contributed by atoms with Gasteiger partial charge in [0.15, 0.2) is 0 Å². The molecule has 0 amide bonds. The van der Waals surface area contributed by atoms with Gasteiger partial charge in [-0.05, 0) is 50.0 Å². The Morgan fingerprint density at radius 1 is 1.22 bits per heavy atom. The number of aliphatic hydroxyl groups excluding tert-OH is 1.